The number of benzene rings is 1. The minimum atomic E-state index is -0.548. The molecule has 2 rings (SSSR count). The number of nitrogens with zero attached hydrogens (tertiary/aromatic N) is 2. The van der Waals surface area contributed by atoms with E-state index in [9.17, 15) is 10.1 Å². The van der Waals surface area contributed by atoms with Crippen LogP contribution in [0.2, 0.25) is 0 Å². The van der Waals surface area contributed by atoms with E-state index in [-0.39, 0.29) is 17.4 Å². The molecule has 104 valence electrons. The lowest BCUT2D eigenvalue weighted by Gasteiger charge is -2.06. The monoisotopic (exact) mass is 273 g/mol. The summed E-state index contributed by atoms with van der Waals surface area (Å²) in [6.07, 6.45) is 2.04. The number of rotatable bonds is 5. The van der Waals surface area contributed by atoms with Gasteiger partial charge in [-0.15, -0.1) is 0 Å². The van der Waals surface area contributed by atoms with Crippen LogP contribution in [0.25, 0.3) is 0 Å². The smallest absolute Gasteiger partial charge is 0.331 e. The molecule has 6 nitrogen and oxygen atoms in total. The largest absolute Gasteiger partial charge is 0.434 e. The van der Waals surface area contributed by atoms with Crippen LogP contribution in [0.15, 0.2) is 36.4 Å². The van der Waals surface area contributed by atoms with Crippen LogP contribution in [0.4, 0.5) is 11.5 Å². The highest BCUT2D eigenvalue weighted by atomic mass is 16.6. The van der Waals surface area contributed by atoms with Crippen molar-refractivity contribution in [3.05, 3.63) is 52.1 Å². The molecule has 0 fully saturated rings. The average molecular weight is 273 g/mol. The maximum Gasteiger partial charge on any atom is 0.331 e. The summed E-state index contributed by atoms with van der Waals surface area (Å²) in [5.74, 6) is 0.567. The van der Waals surface area contributed by atoms with Gasteiger partial charge in [0, 0.05) is 6.07 Å². The lowest BCUT2D eigenvalue weighted by Crippen LogP contribution is -1.99. The zero-order chi connectivity index (χ0) is 14.5. The molecule has 0 saturated carbocycles. The molecule has 0 aliphatic heterocycles. The van der Waals surface area contributed by atoms with Crippen molar-refractivity contribution in [2.75, 3.05) is 5.73 Å². The van der Waals surface area contributed by atoms with Crippen molar-refractivity contribution in [2.24, 2.45) is 0 Å². The van der Waals surface area contributed by atoms with Gasteiger partial charge in [0.05, 0.1) is 4.92 Å². The first-order valence-electron chi connectivity index (χ1n) is 6.28. The number of nitrogens with two attached hydrogens (primary N) is 1. The maximum atomic E-state index is 10.9. The summed E-state index contributed by atoms with van der Waals surface area (Å²) in [6.45, 7) is 2.10. The van der Waals surface area contributed by atoms with Crippen molar-refractivity contribution in [3.63, 3.8) is 0 Å². The van der Waals surface area contributed by atoms with E-state index in [1.807, 2.05) is 12.1 Å². The molecule has 1 heterocycles. The second-order valence-electron chi connectivity index (χ2n) is 4.31. The molecule has 1 aromatic carbocycles. The fraction of sp³-hybridized carbons (Fsp3) is 0.214. The van der Waals surface area contributed by atoms with Gasteiger partial charge in [-0.3, -0.25) is 10.1 Å². The predicted molar refractivity (Wildman–Crippen MR) is 75.8 cm³/mol. The summed E-state index contributed by atoms with van der Waals surface area (Å²) in [7, 11) is 0. The lowest BCUT2D eigenvalue weighted by molar-refractivity contribution is -0.386. The van der Waals surface area contributed by atoms with Crippen LogP contribution in [0.3, 0.4) is 0 Å². The van der Waals surface area contributed by atoms with E-state index in [1.54, 1.807) is 12.1 Å². The molecule has 2 N–H and O–H groups in total. The summed E-state index contributed by atoms with van der Waals surface area (Å²) in [6, 6.07) is 10.0. The van der Waals surface area contributed by atoms with E-state index < -0.39 is 4.92 Å². The van der Waals surface area contributed by atoms with Crippen molar-refractivity contribution >= 4 is 11.5 Å². The Balaban J connectivity index is 2.25. The number of nitro groups is 1. The summed E-state index contributed by atoms with van der Waals surface area (Å²) in [5.41, 5.74) is 6.51. The summed E-state index contributed by atoms with van der Waals surface area (Å²) in [4.78, 5) is 14.2. The van der Waals surface area contributed by atoms with Crippen LogP contribution in [0.1, 0.15) is 18.9 Å². The third-order valence-corrected chi connectivity index (χ3v) is 2.73. The highest BCUT2D eigenvalue weighted by Crippen LogP contribution is 2.30. The standard InChI is InChI=1S/C14H15N3O3/c1-2-3-10-4-6-11(7-5-10)20-14-12(17(18)19)8-9-13(15)16-14/h4-9H,2-3H2,1H3,(H2,15,16). The second kappa shape index (κ2) is 6.01. The van der Waals surface area contributed by atoms with E-state index in [4.69, 9.17) is 10.5 Å². The number of hydrogen-bond acceptors (Lipinski definition) is 5. The summed E-state index contributed by atoms with van der Waals surface area (Å²) in [5, 5.41) is 10.9. The molecule has 6 heteroatoms. The summed E-state index contributed by atoms with van der Waals surface area (Å²) >= 11 is 0. The number of aromatic nitrogens is 1. The molecule has 0 saturated heterocycles. The maximum absolute atomic E-state index is 10.9. The third-order valence-electron chi connectivity index (χ3n) is 2.73. The second-order valence-corrected chi connectivity index (χ2v) is 4.31. The molecule has 0 radical (unpaired) electrons. The zero-order valence-electron chi connectivity index (χ0n) is 11.1. The van der Waals surface area contributed by atoms with Gasteiger partial charge in [0.15, 0.2) is 0 Å². The van der Waals surface area contributed by atoms with Crippen LogP contribution in [0.5, 0.6) is 11.6 Å². The fourth-order valence-electron chi connectivity index (χ4n) is 1.79. The van der Waals surface area contributed by atoms with Crippen LogP contribution < -0.4 is 10.5 Å². The van der Waals surface area contributed by atoms with Gasteiger partial charge >= 0.3 is 11.6 Å². The normalized spacial score (nSPS) is 10.2. The molecule has 20 heavy (non-hydrogen) atoms. The average Bonchev–Trinajstić information content (AvgIpc) is 2.41. The molecule has 0 atom stereocenters. The van der Waals surface area contributed by atoms with Crippen molar-refractivity contribution < 1.29 is 9.66 Å². The Bertz CT molecular complexity index is 612. The van der Waals surface area contributed by atoms with E-state index in [0.29, 0.717) is 5.75 Å². The Morgan fingerprint density at radius 1 is 1.25 bits per heavy atom. The van der Waals surface area contributed by atoms with Gasteiger partial charge in [0.25, 0.3) is 0 Å². The Morgan fingerprint density at radius 3 is 2.55 bits per heavy atom. The van der Waals surface area contributed by atoms with Crippen molar-refractivity contribution in [3.8, 4) is 11.6 Å². The van der Waals surface area contributed by atoms with Crippen LogP contribution >= 0.6 is 0 Å². The molecule has 2 aromatic rings. The molecule has 0 spiro atoms. The van der Waals surface area contributed by atoms with Gasteiger partial charge in [0.2, 0.25) is 0 Å². The van der Waals surface area contributed by atoms with E-state index in [0.717, 1.165) is 12.8 Å². The number of nitrogen functional groups attached to an aromatic ring is 1. The van der Waals surface area contributed by atoms with Crippen LogP contribution in [-0.2, 0) is 6.42 Å². The van der Waals surface area contributed by atoms with Crippen molar-refractivity contribution in [1.29, 1.82) is 0 Å². The molecule has 0 unspecified atom stereocenters. The minimum absolute atomic E-state index is 0.0989. The van der Waals surface area contributed by atoms with Gasteiger partial charge in [-0.25, -0.2) is 0 Å². The van der Waals surface area contributed by atoms with Crippen molar-refractivity contribution in [2.45, 2.75) is 19.8 Å². The highest BCUT2D eigenvalue weighted by molar-refractivity contribution is 5.48. The number of aryl methyl sites for hydroxylation is 1. The molecule has 0 bridgehead atoms. The Morgan fingerprint density at radius 2 is 1.95 bits per heavy atom. The Kier molecular flexibility index (Phi) is 4.14. The van der Waals surface area contributed by atoms with Gasteiger partial charge < -0.3 is 10.5 Å². The van der Waals surface area contributed by atoms with E-state index in [1.165, 1.54) is 17.7 Å². The fourth-order valence-corrected chi connectivity index (χ4v) is 1.79. The SMILES string of the molecule is CCCc1ccc(Oc2nc(N)ccc2[N+](=O)[O-])cc1. The number of ether oxygens (including phenoxy) is 1. The van der Waals surface area contributed by atoms with Gasteiger partial charge in [-0.05, 0) is 30.2 Å². The topological polar surface area (TPSA) is 91.3 Å². The summed E-state index contributed by atoms with van der Waals surface area (Å²) < 4.78 is 5.45. The Labute approximate surface area is 116 Å². The van der Waals surface area contributed by atoms with Gasteiger partial charge in [-0.2, -0.15) is 4.98 Å². The first kappa shape index (κ1) is 13.8. The molecule has 0 amide bonds. The van der Waals surface area contributed by atoms with E-state index in [2.05, 4.69) is 11.9 Å². The first-order chi connectivity index (χ1) is 9.60. The van der Waals surface area contributed by atoms with E-state index >= 15 is 0 Å². The quantitative estimate of drug-likeness (QED) is 0.666. The highest BCUT2D eigenvalue weighted by Gasteiger charge is 2.17. The molecule has 0 aliphatic carbocycles. The number of pyridine rings is 1. The predicted octanol–water partition coefficient (Wildman–Crippen LogP) is 3.32. The molecule has 1 aromatic heterocycles. The van der Waals surface area contributed by atoms with Gasteiger partial charge in [0.1, 0.15) is 11.6 Å². The number of hydrogen-bond donors (Lipinski definition) is 1. The minimum Gasteiger partial charge on any atom is -0.434 e. The first-order valence-corrected chi connectivity index (χ1v) is 6.28. The molecule has 0 aliphatic rings. The van der Waals surface area contributed by atoms with Crippen molar-refractivity contribution in [1.82, 2.24) is 4.98 Å². The van der Waals surface area contributed by atoms with Crippen LogP contribution in [0, 0.1) is 10.1 Å². The third kappa shape index (κ3) is 3.23. The Hall–Kier alpha value is -2.63. The molecular weight excluding hydrogens is 258 g/mol. The van der Waals surface area contributed by atoms with Crippen LogP contribution in [-0.4, -0.2) is 9.91 Å². The number of anilines is 1. The zero-order valence-corrected chi connectivity index (χ0v) is 11.1. The molecular formula is C14H15N3O3. The van der Waals surface area contributed by atoms with Gasteiger partial charge in [-0.1, -0.05) is 25.5 Å². The lowest BCUT2D eigenvalue weighted by atomic mass is 10.1.